The minimum Gasteiger partial charge on any atom is -0.354 e. The Hall–Kier alpha value is -0.610. The summed E-state index contributed by atoms with van der Waals surface area (Å²) in [6.07, 6.45) is 2.24. The molecule has 1 aromatic rings. The Bertz CT molecular complexity index is 257. The SMILES string of the molecule is CCCc1nc(N(C)C)sc1CNC. The van der Waals surface area contributed by atoms with Gasteiger partial charge in [0.25, 0.3) is 0 Å². The molecule has 0 fully saturated rings. The van der Waals surface area contributed by atoms with E-state index in [1.54, 1.807) is 11.3 Å². The van der Waals surface area contributed by atoms with Crippen LogP contribution in [0.25, 0.3) is 0 Å². The molecular weight excluding hydrogens is 194 g/mol. The van der Waals surface area contributed by atoms with Gasteiger partial charge in [0.1, 0.15) is 0 Å². The first-order chi connectivity index (χ1) is 6.69. The number of nitrogens with one attached hydrogen (secondary N) is 1. The van der Waals surface area contributed by atoms with Crippen molar-refractivity contribution >= 4 is 16.5 Å². The molecule has 0 bridgehead atoms. The predicted octanol–water partition coefficient (Wildman–Crippen LogP) is 1.88. The van der Waals surface area contributed by atoms with Crippen molar-refractivity contribution < 1.29 is 0 Å². The van der Waals surface area contributed by atoms with Crippen molar-refractivity contribution in [1.29, 1.82) is 0 Å². The van der Waals surface area contributed by atoms with Crippen molar-refractivity contribution in [2.75, 3.05) is 26.0 Å². The van der Waals surface area contributed by atoms with Gasteiger partial charge in [-0.25, -0.2) is 4.98 Å². The van der Waals surface area contributed by atoms with Gasteiger partial charge in [0.2, 0.25) is 0 Å². The van der Waals surface area contributed by atoms with Crippen LogP contribution >= 0.6 is 11.3 Å². The zero-order valence-electron chi connectivity index (χ0n) is 9.42. The van der Waals surface area contributed by atoms with Gasteiger partial charge in [-0.3, -0.25) is 0 Å². The van der Waals surface area contributed by atoms with Gasteiger partial charge in [-0.15, -0.1) is 11.3 Å². The number of nitrogens with zero attached hydrogens (tertiary/aromatic N) is 2. The number of thiazole rings is 1. The van der Waals surface area contributed by atoms with Crippen LogP contribution in [0.1, 0.15) is 23.9 Å². The van der Waals surface area contributed by atoms with E-state index in [1.807, 2.05) is 21.1 Å². The van der Waals surface area contributed by atoms with Crippen LogP contribution in [-0.2, 0) is 13.0 Å². The number of rotatable bonds is 5. The zero-order chi connectivity index (χ0) is 10.6. The molecular formula is C10H19N3S. The Morgan fingerprint density at radius 1 is 1.43 bits per heavy atom. The number of hydrogen-bond donors (Lipinski definition) is 1. The normalized spacial score (nSPS) is 10.6. The van der Waals surface area contributed by atoms with Gasteiger partial charge in [-0.1, -0.05) is 13.3 Å². The molecule has 14 heavy (non-hydrogen) atoms. The topological polar surface area (TPSA) is 28.2 Å². The van der Waals surface area contributed by atoms with Crippen LogP contribution in [-0.4, -0.2) is 26.1 Å². The molecule has 1 aromatic heterocycles. The Kier molecular flexibility index (Phi) is 4.35. The van der Waals surface area contributed by atoms with E-state index in [9.17, 15) is 0 Å². The molecule has 0 aliphatic rings. The van der Waals surface area contributed by atoms with E-state index in [-0.39, 0.29) is 0 Å². The summed E-state index contributed by atoms with van der Waals surface area (Å²) in [4.78, 5) is 8.07. The van der Waals surface area contributed by atoms with Crippen LogP contribution in [0.5, 0.6) is 0 Å². The fourth-order valence-corrected chi connectivity index (χ4v) is 2.33. The zero-order valence-corrected chi connectivity index (χ0v) is 10.2. The lowest BCUT2D eigenvalue weighted by Crippen LogP contribution is -2.07. The second-order valence-corrected chi connectivity index (χ2v) is 4.60. The average Bonchev–Trinajstić information content (AvgIpc) is 2.50. The predicted molar refractivity (Wildman–Crippen MR) is 63.2 cm³/mol. The molecule has 0 unspecified atom stereocenters. The molecule has 0 aliphatic carbocycles. The minimum atomic E-state index is 0.931. The maximum absolute atomic E-state index is 4.62. The molecule has 1 N–H and O–H groups in total. The van der Waals surface area contributed by atoms with Crippen molar-refractivity contribution in [2.45, 2.75) is 26.3 Å². The second-order valence-electron chi connectivity index (χ2n) is 3.54. The van der Waals surface area contributed by atoms with Crippen LogP contribution in [0.15, 0.2) is 0 Å². The first-order valence-electron chi connectivity index (χ1n) is 4.99. The van der Waals surface area contributed by atoms with Gasteiger partial charge in [-0.05, 0) is 13.5 Å². The second kappa shape index (κ2) is 5.32. The smallest absolute Gasteiger partial charge is 0.185 e. The molecule has 0 amide bonds. The van der Waals surface area contributed by atoms with Gasteiger partial charge < -0.3 is 10.2 Å². The van der Waals surface area contributed by atoms with E-state index >= 15 is 0 Å². The lowest BCUT2D eigenvalue weighted by molar-refractivity contribution is 0.798. The molecule has 80 valence electrons. The monoisotopic (exact) mass is 213 g/mol. The first-order valence-corrected chi connectivity index (χ1v) is 5.81. The summed E-state index contributed by atoms with van der Waals surface area (Å²) in [6, 6.07) is 0. The van der Waals surface area contributed by atoms with E-state index in [1.165, 1.54) is 10.6 Å². The number of aromatic nitrogens is 1. The maximum Gasteiger partial charge on any atom is 0.185 e. The molecule has 0 saturated heterocycles. The van der Waals surface area contributed by atoms with Crippen molar-refractivity contribution in [3.63, 3.8) is 0 Å². The summed E-state index contributed by atoms with van der Waals surface area (Å²) >= 11 is 1.78. The number of aryl methyl sites for hydroxylation is 1. The molecule has 0 radical (unpaired) electrons. The Labute approximate surface area is 90.2 Å². The Morgan fingerprint density at radius 2 is 2.14 bits per heavy atom. The Balaban J connectivity index is 2.87. The standard InChI is InChI=1S/C10H19N3S/c1-5-6-8-9(7-11-2)14-10(12-8)13(3)4/h11H,5-7H2,1-4H3. The highest BCUT2D eigenvalue weighted by Crippen LogP contribution is 2.25. The molecule has 0 aliphatic heterocycles. The molecule has 3 nitrogen and oxygen atoms in total. The highest BCUT2D eigenvalue weighted by molar-refractivity contribution is 7.15. The van der Waals surface area contributed by atoms with Crippen LogP contribution in [0.4, 0.5) is 5.13 Å². The summed E-state index contributed by atoms with van der Waals surface area (Å²) in [5.41, 5.74) is 1.26. The third kappa shape index (κ3) is 2.69. The van der Waals surface area contributed by atoms with Gasteiger partial charge in [-0.2, -0.15) is 0 Å². The lowest BCUT2D eigenvalue weighted by atomic mass is 10.2. The quantitative estimate of drug-likeness (QED) is 0.809. The van der Waals surface area contributed by atoms with E-state index in [0.29, 0.717) is 0 Å². The minimum absolute atomic E-state index is 0.931. The number of anilines is 1. The maximum atomic E-state index is 4.62. The highest BCUT2D eigenvalue weighted by atomic mass is 32.1. The summed E-state index contributed by atoms with van der Waals surface area (Å²) in [6.45, 7) is 3.12. The van der Waals surface area contributed by atoms with Gasteiger partial charge in [0, 0.05) is 25.5 Å². The first kappa shape index (κ1) is 11.5. The van der Waals surface area contributed by atoms with Crippen molar-refractivity contribution in [2.24, 2.45) is 0 Å². The molecule has 4 heteroatoms. The van der Waals surface area contributed by atoms with Crippen molar-refractivity contribution in [3.05, 3.63) is 10.6 Å². The molecule has 1 heterocycles. The van der Waals surface area contributed by atoms with E-state index in [0.717, 1.165) is 24.5 Å². The lowest BCUT2D eigenvalue weighted by Gasteiger charge is -2.05. The van der Waals surface area contributed by atoms with E-state index in [2.05, 4.69) is 22.1 Å². The van der Waals surface area contributed by atoms with E-state index in [4.69, 9.17) is 0 Å². The van der Waals surface area contributed by atoms with E-state index < -0.39 is 0 Å². The molecule has 0 saturated carbocycles. The van der Waals surface area contributed by atoms with Crippen LogP contribution in [0, 0.1) is 0 Å². The Morgan fingerprint density at radius 3 is 2.64 bits per heavy atom. The molecule has 1 rings (SSSR count). The van der Waals surface area contributed by atoms with Crippen molar-refractivity contribution in [3.8, 4) is 0 Å². The molecule has 0 aromatic carbocycles. The highest BCUT2D eigenvalue weighted by Gasteiger charge is 2.10. The van der Waals surface area contributed by atoms with Crippen LogP contribution in [0.3, 0.4) is 0 Å². The summed E-state index contributed by atoms with van der Waals surface area (Å²) in [5.74, 6) is 0. The number of hydrogen-bond acceptors (Lipinski definition) is 4. The average molecular weight is 213 g/mol. The summed E-state index contributed by atoms with van der Waals surface area (Å²) < 4.78 is 0. The van der Waals surface area contributed by atoms with Crippen LogP contribution in [0.2, 0.25) is 0 Å². The third-order valence-corrected chi connectivity index (χ3v) is 3.24. The molecule has 0 spiro atoms. The van der Waals surface area contributed by atoms with Gasteiger partial charge >= 0.3 is 0 Å². The largest absolute Gasteiger partial charge is 0.354 e. The summed E-state index contributed by atoms with van der Waals surface area (Å²) in [7, 11) is 6.06. The van der Waals surface area contributed by atoms with Gasteiger partial charge in [0.05, 0.1) is 5.69 Å². The third-order valence-electron chi connectivity index (χ3n) is 1.97. The van der Waals surface area contributed by atoms with Crippen LogP contribution < -0.4 is 10.2 Å². The van der Waals surface area contributed by atoms with Gasteiger partial charge in [0.15, 0.2) is 5.13 Å². The molecule has 0 atom stereocenters. The fraction of sp³-hybridized carbons (Fsp3) is 0.700. The fourth-order valence-electron chi connectivity index (χ4n) is 1.29. The summed E-state index contributed by atoms with van der Waals surface area (Å²) in [5, 5.41) is 4.30. The van der Waals surface area contributed by atoms with Crippen molar-refractivity contribution in [1.82, 2.24) is 10.3 Å².